The van der Waals surface area contributed by atoms with Crippen molar-refractivity contribution in [2.24, 2.45) is 7.05 Å². The Morgan fingerprint density at radius 1 is 1.44 bits per heavy atom. The van der Waals surface area contributed by atoms with Gasteiger partial charge in [0.05, 0.1) is 12.8 Å². The molecule has 88 valence electrons. The van der Waals surface area contributed by atoms with E-state index in [1.807, 2.05) is 6.92 Å². The summed E-state index contributed by atoms with van der Waals surface area (Å²) in [6.07, 6.45) is 4.05. The van der Waals surface area contributed by atoms with Gasteiger partial charge >= 0.3 is 5.56 Å². The summed E-state index contributed by atoms with van der Waals surface area (Å²) in [5.41, 5.74) is 0.675. The lowest BCUT2D eigenvalue weighted by Crippen LogP contribution is -2.27. The van der Waals surface area contributed by atoms with Gasteiger partial charge in [-0.3, -0.25) is 4.79 Å². The van der Waals surface area contributed by atoms with Crippen LogP contribution in [0.1, 0.15) is 19.8 Å². The molecule has 2 heterocycles. The van der Waals surface area contributed by atoms with Crippen LogP contribution >= 0.6 is 0 Å². The van der Waals surface area contributed by atoms with Crippen molar-refractivity contribution in [1.82, 2.24) is 9.78 Å². The van der Waals surface area contributed by atoms with Gasteiger partial charge in [0.25, 0.3) is 0 Å². The highest BCUT2D eigenvalue weighted by Crippen LogP contribution is 2.26. The van der Waals surface area contributed by atoms with E-state index in [1.54, 1.807) is 13.2 Å². The second-order valence-electron chi connectivity index (χ2n) is 3.91. The van der Waals surface area contributed by atoms with Crippen LogP contribution in [0.2, 0.25) is 0 Å². The molecule has 0 radical (unpaired) electrons. The van der Waals surface area contributed by atoms with Crippen LogP contribution in [0.4, 0.5) is 5.69 Å². The van der Waals surface area contributed by atoms with Gasteiger partial charge in [-0.05, 0) is 19.8 Å². The number of aromatic nitrogens is 2. The zero-order valence-corrected chi connectivity index (χ0v) is 9.77. The molecule has 16 heavy (non-hydrogen) atoms. The summed E-state index contributed by atoms with van der Waals surface area (Å²) in [7, 11) is 1.64. The predicted octanol–water partition coefficient (Wildman–Crippen LogP) is 0.779. The highest BCUT2D eigenvalue weighted by atomic mass is 16.5. The first-order valence-electron chi connectivity index (χ1n) is 5.68. The van der Waals surface area contributed by atoms with Crippen LogP contribution in [-0.4, -0.2) is 29.5 Å². The van der Waals surface area contributed by atoms with Crippen molar-refractivity contribution in [2.45, 2.75) is 19.8 Å². The maximum atomic E-state index is 11.9. The minimum Gasteiger partial charge on any atom is -0.487 e. The molecule has 1 saturated heterocycles. The summed E-state index contributed by atoms with van der Waals surface area (Å²) in [4.78, 5) is 14.1. The van der Waals surface area contributed by atoms with Crippen molar-refractivity contribution in [3.8, 4) is 5.75 Å². The molecule has 1 aliphatic heterocycles. The smallest absolute Gasteiger partial charge is 0.310 e. The average Bonchev–Trinajstić information content (AvgIpc) is 2.79. The fourth-order valence-corrected chi connectivity index (χ4v) is 1.97. The van der Waals surface area contributed by atoms with Gasteiger partial charge in [-0.1, -0.05) is 0 Å². The van der Waals surface area contributed by atoms with Crippen molar-refractivity contribution in [3.05, 3.63) is 16.6 Å². The predicted molar refractivity (Wildman–Crippen MR) is 62.1 cm³/mol. The molecule has 5 nitrogen and oxygen atoms in total. The van der Waals surface area contributed by atoms with Crippen molar-refractivity contribution < 1.29 is 4.74 Å². The molecule has 0 amide bonds. The van der Waals surface area contributed by atoms with Crippen LogP contribution in [0.15, 0.2) is 11.0 Å². The maximum Gasteiger partial charge on any atom is 0.310 e. The summed E-state index contributed by atoms with van der Waals surface area (Å²) in [6.45, 7) is 4.34. The minimum absolute atomic E-state index is 0.161. The molecule has 0 saturated carbocycles. The van der Waals surface area contributed by atoms with Crippen molar-refractivity contribution in [3.63, 3.8) is 0 Å². The lowest BCUT2D eigenvalue weighted by atomic mass is 10.4. The summed E-state index contributed by atoms with van der Waals surface area (Å²) in [5.74, 6) is 0.432. The third kappa shape index (κ3) is 1.89. The Bertz CT molecular complexity index is 422. The highest BCUT2D eigenvalue weighted by Gasteiger charge is 2.19. The Labute approximate surface area is 94.6 Å². The summed E-state index contributed by atoms with van der Waals surface area (Å²) >= 11 is 0. The molecule has 2 rings (SSSR count). The van der Waals surface area contributed by atoms with Gasteiger partial charge in [0, 0.05) is 20.1 Å². The Morgan fingerprint density at radius 2 is 2.12 bits per heavy atom. The number of rotatable bonds is 3. The molecule has 1 aromatic rings. The fraction of sp³-hybridized carbons (Fsp3) is 0.636. The van der Waals surface area contributed by atoms with Crippen molar-refractivity contribution in [1.29, 1.82) is 0 Å². The number of hydrogen-bond acceptors (Lipinski definition) is 4. The van der Waals surface area contributed by atoms with E-state index < -0.39 is 0 Å². The lowest BCUT2D eigenvalue weighted by molar-refractivity contribution is 0.331. The normalized spacial score (nSPS) is 15.5. The summed E-state index contributed by atoms with van der Waals surface area (Å²) < 4.78 is 6.76. The topological polar surface area (TPSA) is 47.4 Å². The van der Waals surface area contributed by atoms with E-state index in [4.69, 9.17) is 4.74 Å². The Balaban J connectivity index is 2.42. The van der Waals surface area contributed by atoms with Gasteiger partial charge in [0.15, 0.2) is 0 Å². The molecule has 0 atom stereocenters. The average molecular weight is 223 g/mol. The molecular formula is C11H17N3O2. The first-order chi connectivity index (χ1) is 7.74. The van der Waals surface area contributed by atoms with Gasteiger partial charge in [-0.2, -0.15) is 5.10 Å². The Hall–Kier alpha value is -1.52. The summed E-state index contributed by atoms with van der Waals surface area (Å²) in [5, 5.41) is 4.05. The van der Waals surface area contributed by atoms with E-state index in [0.29, 0.717) is 12.4 Å². The second-order valence-corrected chi connectivity index (χ2v) is 3.91. The second kappa shape index (κ2) is 4.55. The van der Waals surface area contributed by atoms with Crippen LogP contribution in [0.5, 0.6) is 5.75 Å². The van der Waals surface area contributed by atoms with Gasteiger partial charge < -0.3 is 9.64 Å². The van der Waals surface area contributed by atoms with Crippen LogP contribution < -0.4 is 15.2 Å². The molecule has 1 aromatic heterocycles. The van der Waals surface area contributed by atoms with Crippen molar-refractivity contribution in [2.75, 3.05) is 24.6 Å². The molecule has 0 aromatic carbocycles. The largest absolute Gasteiger partial charge is 0.487 e. The third-order valence-electron chi connectivity index (χ3n) is 2.81. The first-order valence-corrected chi connectivity index (χ1v) is 5.68. The standard InChI is InChI=1S/C11H17N3O2/c1-3-16-10-9(14-6-4-5-7-14)8-12-13(2)11(10)15/h8H,3-7H2,1-2H3. The lowest BCUT2D eigenvalue weighted by Gasteiger charge is -2.20. The van der Waals surface area contributed by atoms with Gasteiger partial charge in [-0.25, -0.2) is 4.68 Å². The van der Waals surface area contributed by atoms with Crippen LogP contribution in [-0.2, 0) is 7.05 Å². The van der Waals surface area contributed by atoms with Crippen LogP contribution in [0, 0.1) is 0 Å². The third-order valence-corrected chi connectivity index (χ3v) is 2.81. The summed E-state index contributed by atoms with van der Waals surface area (Å²) in [6, 6.07) is 0. The molecule has 1 fully saturated rings. The number of nitrogens with zero attached hydrogens (tertiary/aromatic N) is 3. The van der Waals surface area contributed by atoms with E-state index in [1.165, 1.54) is 17.5 Å². The Kier molecular flexibility index (Phi) is 3.12. The van der Waals surface area contributed by atoms with Gasteiger partial charge in [0.1, 0.15) is 5.69 Å². The SMILES string of the molecule is CCOc1c(N2CCCC2)cnn(C)c1=O. The molecule has 0 unspecified atom stereocenters. The number of ether oxygens (including phenoxy) is 1. The quantitative estimate of drug-likeness (QED) is 0.759. The van der Waals surface area contributed by atoms with E-state index in [9.17, 15) is 4.79 Å². The molecule has 0 bridgehead atoms. The monoisotopic (exact) mass is 223 g/mol. The number of hydrogen-bond donors (Lipinski definition) is 0. The van der Waals surface area contributed by atoms with E-state index in [0.717, 1.165) is 18.8 Å². The molecule has 5 heteroatoms. The van der Waals surface area contributed by atoms with Crippen LogP contribution in [0.3, 0.4) is 0 Å². The van der Waals surface area contributed by atoms with E-state index in [2.05, 4.69) is 10.00 Å². The number of anilines is 1. The highest BCUT2D eigenvalue weighted by molar-refractivity contribution is 5.56. The maximum absolute atomic E-state index is 11.9. The fourth-order valence-electron chi connectivity index (χ4n) is 1.97. The Morgan fingerprint density at radius 3 is 2.75 bits per heavy atom. The zero-order valence-electron chi connectivity index (χ0n) is 9.77. The van der Waals surface area contributed by atoms with Gasteiger partial charge in [-0.15, -0.1) is 0 Å². The van der Waals surface area contributed by atoms with Gasteiger partial charge in [0.2, 0.25) is 5.75 Å². The molecule has 0 spiro atoms. The molecule has 1 aliphatic rings. The van der Waals surface area contributed by atoms with E-state index >= 15 is 0 Å². The van der Waals surface area contributed by atoms with E-state index in [-0.39, 0.29) is 5.56 Å². The number of aryl methyl sites for hydroxylation is 1. The van der Waals surface area contributed by atoms with Crippen LogP contribution in [0.25, 0.3) is 0 Å². The first kappa shape index (κ1) is 11.0. The molecular weight excluding hydrogens is 206 g/mol. The zero-order chi connectivity index (χ0) is 11.5. The van der Waals surface area contributed by atoms with Crippen molar-refractivity contribution >= 4 is 5.69 Å². The minimum atomic E-state index is -0.161. The molecule has 0 aliphatic carbocycles. The molecule has 0 N–H and O–H groups in total.